The lowest BCUT2D eigenvalue weighted by atomic mass is 9.78. The first-order valence-corrected chi connectivity index (χ1v) is 16.1. The van der Waals surface area contributed by atoms with Gasteiger partial charge in [-0.25, -0.2) is 4.79 Å². The van der Waals surface area contributed by atoms with Crippen LogP contribution < -0.4 is 10.6 Å². The van der Waals surface area contributed by atoms with Crippen LogP contribution in [0.25, 0.3) is 0 Å². The van der Waals surface area contributed by atoms with E-state index in [4.69, 9.17) is 14.2 Å². The molecule has 0 aromatic carbocycles. The average Bonchev–Trinajstić information content (AvgIpc) is 2.79. The van der Waals surface area contributed by atoms with Gasteiger partial charge in [0.15, 0.2) is 6.10 Å². The van der Waals surface area contributed by atoms with Gasteiger partial charge in [0.25, 0.3) is 0 Å². The van der Waals surface area contributed by atoms with Crippen molar-refractivity contribution < 1.29 is 23.8 Å². The molecule has 7 heteroatoms. The third kappa shape index (κ3) is 9.16. The fourth-order valence-corrected chi connectivity index (χ4v) is 8.50. The Morgan fingerprint density at radius 1 is 0.625 bits per heavy atom. The van der Waals surface area contributed by atoms with Gasteiger partial charge in [0.05, 0.1) is 12.5 Å². The van der Waals surface area contributed by atoms with Crippen LogP contribution in [0.2, 0.25) is 0 Å². The Kier molecular flexibility index (Phi) is 9.69. The molecule has 4 rings (SSSR count). The summed E-state index contributed by atoms with van der Waals surface area (Å²) in [5, 5.41) is 7.31. The van der Waals surface area contributed by atoms with Crippen LogP contribution >= 0.6 is 0 Å². The summed E-state index contributed by atoms with van der Waals surface area (Å²) in [6, 6.07) is 0. The summed E-state index contributed by atoms with van der Waals surface area (Å²) in [5.74, 6) is 1.08. The summed E-state index contributed by atoms with van der Waals surface area (Å²) in [5.41, 5.74) is -0.137. The highest BCUT2D eigenvalue weighted by atomic mass is 16.6. The lowest BCUT2D eigenvalue weighted by molar-refractivity contribution is -0.171. The molecule has 1 aliphatic carbocycles. The molecule has 3 aliphatic heterocycles. The molecular formula is C33H58N2O5. The summed E-state index contributed by atoms with van der Waals surface area (Å²) >= 11 is 0. The van der Waals surface area contributed by atoms with Crippen molar-refractivity contribution in [3.8, 4) is 0 Å². The fraction of sp³-hybridized carbons (Fsp3) is 0.939. The van der Waals surface area contributed by atoms with E-state index in [2.05, 4.69) is 66.0 Å². The van der Waals surface area contributed by atoms with Crippen molar-refractivity contribution in [1.82, 2.24) is 10.6 Å². The fourth-order valence-electron chi connectivity index (χ4n) is 8.50. The molecule has 0 aromatic rings. The molecule has 230 valence electrons. The van der Waals surface area contributed by atoms with E-state index in [-0.39, 0.29) is 52.2 Å². The molecule has 4 fully saturated rings. The molecule has 3 heterocycles. The van der Waals surface area contributed by atoms with E-state index < -0.39 is 6.10 Å². The number of carbonyl (C=O) groups excluding carboxylic acids is 2. The molecule has 2 atom stereocenters. The molecule has 40 heavy (non-hydrogen) atoms. The highest BCUT2D eigenvalue weighted by Crippen LogP contribution is 2.37. The number of carbonyl (C=O) groups is 2. The molecule has 0 radical (unpaired) electrons. The van der Waals surface area contributed by atoms with E-state index in [1.54, 1.807) is 0 Å². The topological polar surface area (TPSA) is 85.9 Å². The van der Waals surface area contributed by atoms with Crippen LogP contribution in [-0.2, 0) is 23.8 Å². The Balaban J connectivity index is 1.12. The molecule has 1 saturated carbocycles. The van der Waals surface area contributed by atoms with Gasteiger partial charge in [-0.1, -0.05) is 6.42 Å². The minimum absolute atomic E-state index is 0.00208. The van der Waals surface area contributed by atoms with E-state index in [1.165, 1.54) is 6.42 Å². The number of hydrogen-bond acceptors (Lipinski definition) is 7. The molecule has 0 bridgehead atoms. The Morgan fingerprint density at radius 3 is 1.50 bits per heavy atom. The van der Waals surface area contributed by atoms with Gasteiger partial charge >= 0.3 is 11.9 Å². The molecular weight excluding hydrogens is 504 g/mol. The van der Waals surface area contributed by atoms with Gasteiger partial charge in [0.2, 0.25) is 0 Å². The summed E-state index contributed by atoms with van der Waals surface area (Å²) in [6.07, 6.45) is 11.1. The largest absolute Gasteiger partial charge is 0.462 e. The predicted molar refractivity (Wildman–Crippen MR) is 158 cm³/mol. The van der Waals surface area contributed by atoms with Crippen LogP contribution in [-0.4, -0.2) is 59.0 Å². The van der Waals surface area contributed by atoms with Gasteiger partial charge in [0.1, 0.15) is 12.2 Å². The quantitative estimate of drug-likeness (QED) is 0.364. The molecule has 2 unspecified atom stereocenters. The molecule has 2 N–H and O–H groups in total. The number of esters is 2. The van der Waals surface area contributed by atoms with Gasteiger partial charge in [-0.15, -0.1) is 0 Å². The first-order valence-electron chi connectivity index (χ1n) is 16.1. The zero-order valence-electron chi connectivity index (χ0n) is 26.7. The minimum atomic E-state index is -0.421. The van der Waals surface area contributed by atoms with Crippen molar-refractivity contribution >= 4 is 11.9 Å². The Morgan fingerprint density at radius 2 is 1.05 bits per heavy atom. The Hall–Kier alpha value is -1.18. The second-order valence-electron chi connectivity index (χ2n) is 16.3. The van der Waals surface area contributed by atoms with Gasteiger partial charge < -0.3 is 24.8 Å². The lowest BCUT2D eigenvalue weighted by Crippen LogP contribution is -2.60. The van der Waals surface area contributed by atoms with Gasteiger partial charge in [-0.2, -0.15) is 0 Å². The lowest BCUT2D eigenvalue weighted by Gasteiger charge is -2.46. The van der Waals surface area contributed by atoms with Crippen LogP contribution in [0.1, 0.15) is 132 Å². The van der Waals surface area contributed by atoms with Crippen molar-refractivity contribution in [1.29, 1.82) is 0 Å². The third-order valence-electron chi connectivity index (χ3n) is 9.67. The average molecular weight is 563 g/mol. The zero-order valence-corrected chi connectivity index (χ0v) is 26.7. The number of ether oxygens (including phenoxy) is 3. The molecule has 0 spiro atoms. The van der Waals surface area contributed by atoms with Gasteiger partial charge in [0, 0.05) is 47.8 Å². The van der Waals surface area contributed by atoms with Crippen LogP contribution in [0.3, 0.4) is 0 Å². The smallest absolute Gasteiger partial charge is 0.335 e. The number of rotatable bonds is 7. The molecule has 4 aliphatic rings. The van der Waals surface area contributed by atoms with Gasteiger partial charge in [-0.3, -0.25) is 4.79 Å². The van der Waals surface area contributed by atoms with Crippen LogP contribution in [0.5, 0.6) is 0 Å². The standard InChI is InChI=1S/C33H58N2O5/c1-30(2)17-25(18-31(3,4)34-30)39-28(36)24-14-11-22(12-15-24)9-10-23-13-16-27(38-21-23)29(37)40-26-19-32(5,6)35-33(7,8)20-26/h22-27,34-35H,9-21H2,1-8H3. The SMILES string of the molecule is CC1(C)CC(OC(=O)C2CCC(CCC3CCC(C(=O)OC4CC(C)(C)NC(C)(C)C4)OC3)CC2)CC(C)(C)N1. The molecule has 0 aromatic heterocycles. The van der Waals surface area contributed by atoms with E-state index in [9.17, 15) is 9.59 Å². The summed E-state index contributed by atoms with van der Waals surface area (Å²) < 4.78 is 18.0. The van der Waals surface area contributed by atoms with Crippen LogP contribution in [0.4, 0.5) is 0 Å². The van der Waals surface area contributed by atoms with E-state index >= 15 is 0 Å². The zero-order chi connectivity index (χ0) is 29.3. The van der Waals surface area contributed by atoms with E-state index in [0.717, 1.165) is 70.6 Å². The first kappa shape index (κ1) is 31.7. The van der Waals surface area contributed by atoms with Crippen molar-refractivity contribution in [3.05, 3.63) is 0 Å². The summed E-state index contributed by atoms with van der Waals surface area (Å²) in [7, 11) is 0. The maximum atomic E-state index is 13.0. The first-order chi connectivity index (χ1) is 18.5. The van der Waals surface area contributed by atoms with E-state index in [0.29, 0.717) is 18.4 Å². The summed E-state index contributed by atoms with van der Waals surface area (Å²) in [6.45, 7) is 18.1. The van der Waals surface area contributed by atoms with Crippen LogP contribution in [0, 0.1) is 17.8 Å². The number of hydrogen-bond donors (Lipinski definition) is 2. The second-order valence-corrected chi connectivity index (χ2v) is 16.3. The van der Waals surface area contributed by atoms with E-state index in [1.807, 2.05) is 0 Å². The van der Waals surface area contributed by atoms with Crippen molar-refractivity contribution in [3.63, 3.8) is 0 Å². The van der Waals surface area contributed by atoms with Crippen molar-refractivity contribution in [2.24, 2.45) is 17.8 Å². The molecule has 0 amide bonds. The number of piperidine rings is 2. The van der Waals surface area contributed by atoms with Crippen LogP contribution in [0.15, 0.2) is 0 Å². The molecule has 7 nitrogen and oxygen atoms in total. The normalized spacial score (nSPS) is 34.1. The minimum Gasteiger partial charge on any atom is -0.462 e. The third-order valence-corrected chi connectivity index (χ3v) is 9.67. The highest BCUT2D eigenvalue weighted by Gasteiger charge is 2.42. The highest BCUT2D eigenvalue weighted by molar-refractivity contribution is 5.75. The number of nitrogens with one attached hydrogen (secondary N) is 2. The maximum Gasteiger partial charge on any atom is 0.335 e. The predicted octanol–water partition coefficient (Wildman–Crippen LogP) is 6.07. The Labute approximate surface area is 243 Å². The second kappa shape index (κ2) is 12.2. The molecule has 3 saturated heterocycles. The Bertz CT molecular complexity index is 777. The monoisotopic (exact) mass is 562 g/mol. The van der Waals surface area contributed by atoms with Crippen molar-refractivity contribution in [2.75, 3.05) is 6.61 Å². The van der Waals surface area contributed by atoms with Gasteiger partial charge in [-0.05, 0) is 112 Å². The maximum absolute atomic E-state index is 13.0. The summed E-state index contributed by atoms with van der Waals surface area (Å²) in [4.78, 5) is 25.8. The van der Waals surface area contributed by atoms with Crippen molar-refractivity contribution in [2.45, 2.75) is 173 Å².